The van der Waals surface area contributed by atoms with Gasteiger partial charge in [-0.15, -0.1) is 0 Å². The standard InChI is InChI=1S/C20H17N3O2/c21-13-20(14-22,10-4-7-15-5-2-1-3-6-15)16-11-17-8-9-18(12-16)23(17)19(24)25/h1-3,5-6,11,17-18H,8-10,12H2,(H,24,25). The predicted octanol–water partition coefficient (Wildman–Crippen LogP) is 3.30. The highest BCUT2D eigenvalue weighted by atomic mass is 16.4. The van der Waals surface area contributed by atoms with Crippen LogP contribution in [0.5, 0.6) is 0 Å². The van der Waals surface area contributed by atoms with Crippen molar-refractivity contribution in [3.63, 3.8) is 0 Å². The molecule has 1 saturated heterocycles. The molecule has 5 nitrogen and oxygen atoms in total. The van der Waals surface area contributed by atoms with Gasteiger partial charge in [-0.2, -0.15) is 10.5 Å². The van der Waals surface area contributed by atoms with Crippen molar-refractivity contribution >= 4 is 6.09 Å². The molecule has 5 heteroatoms. The quantitative estimate of drug-likeness (QED) is 0.665. The topological polar surface area (TPSA) is 88.1 Å². The summed E-state index contributed by atoms with van der Waals surface area (Å²) in [5.41, 5.74) is 0.236. The average molecular weight is 331 g/mol. The second kappa shape index (κ2) is 6.71. The van der Waals surface area contributed by atoms with Gasteiger partial charge in [0.05, 0.1) is 18.2 Å². The zero-order valence-electron chi connectivity index (χ0n) is 13.6. The van der Waals surface area contributed by atoms with Gasteiger partial charge in [-0.25, -0.2) is 4.79 Å². The maximum absolute atomic E-state index is 11.4. The predicted molar refractivity (Wildman–Crippen MR) is 91.0 cm³/mol. The van der Waals surface area contributed by atoms with E-state index in [1.165, 1.54) is 4.90 Å². The van der Waals surface area contributed by atoms with Crippen molar-refractivity contribution in [2.75, 3.05) is 0 Å². The van der Waals surface area contributed by atoms with Crippen LogP contribution in [0.2, 0.25) is 0 Å². The van der Waals surface area contributed by atoms with E-state index in [-0.39, 0.29) is 18.5 Å². The number of benzene rings is 1. The summed E-state index contributed by atoms with van der Waals surface area (Å²) in [6.07, 6.45) is 2.91. The van der Waals surface area contributed by atoms with E-state index in [0.717, 1.165) is 18.4 Å². The molecule has 0 aliphatic carbocycles. The first kappa shape index (κ1) is 16.6. The van der Waals surface area contributed by atoms with Crippen molar-refractivity contribution < 1.29 is 9.90 Å². The third-order valence-corrected chi connectivity index (χ3v) is 4.91. The van der Waals surface area contributed by atoms with Crippen LogP contribution in [0.4, 0.5) is 4.79 Å². The van der Waals surface area contributed by atoms with Crippen LogP contribution in [0.15, 0.2) is 42.0 Å². The third kappa shape index (κ3) is 3.08. The summed E-state index contributed by atoms with van der Waals surface area (Å²) < 4.78 is 0. The van der Waals surface area contributed by atoms with Gasteiger partial charge in [0.15, 0.2) is 5.41 Å². The Kier molecular flexibility index (Phi) is 4.46. The summed E-state index contributed by atoms with van der Waals surface area (Å²) in [5.74, 6) is 5.95. The van der Waals surface area contributed by atoms with E-state index >= 15 is 0 Å². The molecule has 0 aromatic heterocycles. The maximum atomic E-state index is 11.4. The van der Waals surface area contributed by atoms with Gasteiger partial charge in [0.25, 0.3) is 0 Å². The first-order valence-corrected chi connectivity index (χ1v) is 8.18. The second-order valence-electron chi connectivity index (χ2n) is 6.36. The molecular formula is C20H17N3O2. The van der Waals surface area contributed by atoms with Gasteiger partial charge in [0, 0.05) is 18.0 Å². The third-order valence-electron chi connectivity index (χ3n) is 4.91. The highest BCUT2D eigenvalue weighted by Crippen LogP contribution is 2.42. The largest absolute Gasteiger partial charge is 0.465 e. The minimum absolute atomic E-state index is 0.118. The number of carboxylic acid groups (broad SMARTS) is 1. The molecular weight excluding hydrogens is 314 g/mol. The maximum Gasteiger partial charge on any atom is 0.408 e. The summed E-state index contributed by atoms with van der Waals surface area (Å²) >= 11 is 0. The molecule has 0 saturated carbocycles. The fraction of sp³-hybridized carbons (Fsp3) is 0.350. The van der Waals surface area contributed by atoms with Crippen LogP contribution in [0.25, 0.3) is 0 Å². The summed E-state index contributed by atoms with van der Waals surface area (Å²) in [7, 11) is 0. The summed E-state index contributed by atoms with van der Waals surface area (Å²) in [5, 5.41) is 28.7. The van der Waals surface area contributed by atoms with E-state index in [1.807, 2.05) is 30.3 Å². The lowest BCUT2D eigenvalue weighted by Gasteiger charge is -2.34. The van der Waals surface area contributed by atoms with Crippen molar-refractivity contribution in [1.82, 2.24) is 4.90 Å². The normalized spacial score (nSPS) is 21.4. The van der Waals surface area contributed by atoms with Crippen molar-refractivity contribution in [2.24, 2.45) is 5.41 Å². The molecule has 0 radical (unpaired) electrons. The fourth-order valence-electron chi connectivity index (χ4n) is 3.61. The van der Waals surface area contributed by atoms with Crippen LogP contribution >= 0.6 is 0 Å². The number of hydrogen-bond acceptors (Lipinski definition) is 3. The van der Waals surface area contributed by atoms with E-state index in [9.17, 15) is 20.4 Å². The number of carbonyl (C=O) groups is 1. The molecule has 0 spiro atoms. The summed E-state index contributed by atoms with van der Waals surface area (Å²) in [6.45, 7) is 0. The monoisotopic (exact) mass is 331 g/mol. The highest BCUT2D eigenvalue weighted by molar-refractivity contribution is 5.67. The Bertz CT molecular complexity index is 835. The molecule has 25 heavy (non-hydrogen) atoms. The first-order valence-electron chi connectivity index (χ1n) is 8.18. The summed E-state index contributed by atoms with van der Waals surface area (Å²) in [6, 6.07) is 13.3. The number of nitrogens with zero attached hydrogens (tertiary/aromatic N) is 3. The van der Waals surface area contributed by atoms with Gasteiger partial charge in [-0.05, 0) is 37.0 Å². The molecule has 1 N–H and O–H groups in total. The number of rotatable bonds is 2. The zero-order valence-corrected chi connectivity index (χ0v) is 13.6. The number of nitriles is 2. The SMILES string of the molecule is N#CC(C#N)(CC#Cc1ccccc1)C1=CC2CCC(C1)N2C(=O)O. The van der Waals surface area contributed by atoms with Crippen molar-refractivity contribution in [3.8, 4) is 24.0 Å². The molecule has 2 aliphatic heterocycles. The zero-order chi connectivity index (χ0) is 17.9. The molecule has 2 atom stereocenters. The Hall–Kier alpha value is -3.23. The lowest BCUT2D eigenvalue weighted by Crippen LogP contribution is -2.44. The number of amides is 1. The molecule has 2 heterocycles. The van der Waals surface area contributed by atoms with E-state index < -0.39 is 11.5 Å². The molecule has 1 amide bonds. The van der Waals surface area contributed by atoms with Crippen LogP contribution in [0.3, 0.4) is 0 Å². The van der Waals surface area contributed by atoms with Gasteiger partial charge in [-0.1, -0.05) is 36.1 Å². The van der Waals surface area contributed by atoms with Gasteiger partial charge in [0.1, 0.15) is 0 Å². The van der Waals surface area contributed by atoms with E-state index in [1.54, 1.807) is 6.08 Å². The first-order chi connectivity index (χ1) is 12.1. The van der Waals surface area contributed by atoms with E-state index in [2.05, 4.69) is 24.0 Å². The van der Waals surface area contributed by atoms with Gasteiger partial charge in [-0.3, -0.25) is 4.90 Å². The van der Waals surface area contributed by atoms with Crippen LogP contribution in [-0.4, -0.2) is 28.2 Å². The van der Waals surface area contributed by atoms with E-state index in [0.29, 0.717) is 12.0 Å². The Morgan fingerprint density at radius 1 is 1.24 bits per heavy atom. The van der Waals surface area contributed by atoms with Gasteiger partial charge >= 0.3 is 6.09 Å². The minimum Gasteiger partial charge on any atom is -0.465 e. The molecule has 124 valence electrons. The Labute approximate surface area is 146 Å². The lowest BCUT2D eigenvalue weighted by atomic mass is 9.76. The molecule has 3 rings (SSSR count). The lowest BCUT2D eigenvalue weighted by molar-refractivity contribution is 0.125. The average Bonchev–Trinajstić information content (AvgIpc) is 2.90. The fourth-order valence-corrected chi connectivity index (χ4v) is 3.61. The van der Waals surface area contributed by atoms with Crippen molar-refractivity contribution in [1.29, 1.82) is 10.5 Å². The Morgan fingerprint density at radius 3 is 2.56 bits per heavy atom. The van der Waals surface area contributed by atoms with Crippen molar-refractivity contribution in [3.05, 3.63) is 47.5 Å². The van der Waals surface area contributed by atoms with Gasteiger partial charge < -0.3 is 5.11 Å². The molecule has 1 aromatic rings. The minimum atomic E-state index is -1.31. The van der Waals surface area contributed by atoms with Gasteiger partial charge in [0.2, 0.25) is 0 Å². The van der Waals surface area contributed by atoms with Crippen LogP contribution in [-0.2, 0) is 0 Å². The van der Waals surface area contributed by atoms with Crippen molar-refractivity contribution in [2.45, 2.75) is 37.8 Å². The molecule has 1 fully saturated rings. The van der Waals surface area contributed by atoms with Crippen LogP contribution < -0.4 is 0 Å². The number of fused-ring (bicyclic) bond motifs is 2. The molecule has 1 aromatic carbocycles. The Balaban J connectivity index is 1.86. The smallest absolute Gasteiger partial charge is 0.408 e. The van der Waals surface area contributed by atoms with E-state index in [4.69, 9.17) is 0 Å². The van der Waals surface area contributed by atoms with Crippen LogP contribution in [0, 0.1) is 39.9 Å². The molecule has 2 aliphatic rings. The molecule has 2 unspecified atom stereocenters. The molecule has 2 bridgehead atoms. The second-order valence-corrected chi connectivity index (χ2v) is 6.36. The summed E-state index contributed by atoms with van der Waals surface area (Å²) in [4.78, 5) is 12.8. The highest BCUT2D eigenvalue weighted by Gasteiger charge is 2.45. The van der Waals surface area contributed by atoms with Crippen LogP contribution in [0.1, 0.15) is 31.2 Å². The Morgan fingerprint density at radius 2 is 1.96 bits per heavy atom. The number of hydrogen-bond donors (Lipinski definition) is 1.